The van der Waals surface area contributed by atoms with Crippen LogP contribution in [0.3, 0.4) is 0 Å². The summed E-state index contributed by atoms with van der Waals surface area (Å²) in [6, 6.07) is 5.14. The molecule has 0 bridgehead atoms. The van der Waals surface area contributed by atoms with Gasteiger partial charge in [0.15, 0.2) is 5.82 Å². The van der Waals surface area contributed by atoms with Gasteiger partial charge in [-0.15, -0.1) is 0 Å². The molecule has 0 fully saturated rings. The van der Waals surface area contributed by atoms with Crippen LogP contribution in [0.5, 0.6) is 0 Å². The van der Waals surface area contributed by atoms with E-state index in [1.165, 1.54) is 6.07 Å². The maximum Gasteiger partial charge on any atom is 0.151 e. The summed E-state index contributed by atoms with van der Waals surface area (Å²) in [6.45, 7) is 4.86. The summed E-state index contributed by atoms with van der Waals surface area (Å²) in [4.78, 5) is 4.38. The Labute approximate surface area is 100 Å². The highest BCUT2D eigenvalue weighted by atomic mass is 19.1. The van der Waals surface area contributed by atoms with Crippen LogP contribution in [0.15, 0.2) is 18.2 Å². The van der Waals surface area contributed by atoms with Gasteiger partial charge in [0.25, 0.3) is 0 Å². The zero-order chi connectivity index (χ0) is 12.4. The van der Waals surface area contributed by atoms with Gasteiger partial charge in [0.05, 0.1) is 5.52 Å². The molecule has 17 heavy (non-hydrogen) atoms. The Bertz CT molecular complexity index is 519. The fourth-order valence-electron chi connectivity index (χ4n) is 2.05. The molecule has 4 heteroatoms. The molecule has 1 aromatic carbocycles. The second kappa shape index (κ2) is 4.84. The Balaban J connectivity index is 2.52. The maximum absolute atomic E-state index is 13.6. The lowest BCUT2D eigenvalue weighted by molar-refractivity contribution is 0.596. The number of halogens is 1. The third-order valence-electron chi connectivity index (χ3n) is 3.09. The lowest BCUT2D eigenvalue weighted by Crippen LogP contribution is -2.23. The summed E-state index contributed by atoms with van der Waals surface area (Å²) in [5.74, 6) is 0.614. The monoisotopic (exact) mass is 235 g/mol. The maximum atomic E-state index is 13.6. The first-order chi connectivity index (χ1) is 8.17. The standard InChI is InChI=1S/C13H18FN3/c1-3-9(15)8-12-16-13-10(14)6-5-7-11(13)17(12)4-2/h5-7,9H,3-4,8,15H2,1-2H3. The molecule has 3 nitrogen and oxygen atoms in total. The van der Waals surface area contributed by atoms with Gasteiger partial charge in [-0.1, -0.05) is 13.0 Å². The number of hydrogen-bond donors (Lipinski definition) is 1. The number of rotatable bonds is 4. The van der Waals surface area contributed by atoms with Gasteiger partial charge < -0.3 is 10.3 Å². The Morgan fingerprint density at radius 1 is 1.41 bits per heavy atom. The third kappa shape index (κ3) is 2.17. The lowest BCUT2D eigenvalue weighted by Gasteiger charge is -2.10. The molecule has 92 valence electrons. The largest absolute Gasteiger partial charge is 0.328 e. The molecule has 2 rings (SSSR count). The SMILES string of the molecule is CCC(N)Cc1nc2c(F)cccc2n1CC. The molecule has 2 N–H and O–H groups in total. The molecule has 0 radical (unpaired) electrons. The van der Waals surface area contributed by atoms with Gasteiger partial charge in [0, 0.05) is 19.0 Å². The first-order valence-electron chi connectivity index (χ1n) is 6.06. The smallest absolute Gasteiger partial charge is 0.151 e. The predicted octanol–water partition coefficient (Wildman–Crippen LogP) is 2.48. The van der Waals surface area contributed by atoms with Crippen LogP contribution in [0, 0.1) is 5.82 Å². The second-order valence-corrected chi connectivity index (χ2v) is 4.25. The van der Waals surface area contributed by atoms with Crippen molar-refractivity contribution in [2.45, 2.75) is 39.3 Å². The van der Waals surface area contributed by atoms with Crippen molar-refractivity contribution < 1.29 is 4.39 Å². The van der Waals surface area contributed by atoms with E-state index in [9.17, 15) is 4.39 Å². The number of fused-ring (bicyclic) bond motifs is 1. The molecule has 1 heterocycles. The van der Waals surface area contributed by atoms with Crippen molar-refractivity contribution in [2.24, 2.45) is 5.73 Å². The van der Waals surface area contributed by atoms with Crippen LogP contribution in [-0.2, 0) is 13.0 Å². The Kier molecular flexibility index (Phi) is 3.43. The van der Waals surface area contributed by atoms with Crippen molar-refractivity contribution in [1.29, 1.82) is 0 Å². The van der Waals surface area contributed by atoms with Gasteiger partial charge in [-0.25, -0.2) is 9.37 Å². The van der Waals surface area contributed by atoms with Crippen molar-refractivity contribution in [3.8, 4) is 0 Å². The first kappa shape index (κ1) is 12.0. The number of aromatic nitrogens is 2. The minimum atomic E-state index is -0.263. The number of para-hydroxylation sites is 1. The van der Waals surface area contributed by atoms with Gasteiger partial charge in [0.1, 0.15) is 11.3 Å². The van der Waals surface area contributed by atoms with Crippen LogP contribution in [0.1, 0.15) is 26.1 Å². The van der Waals surface area contributed by atoms with E-state index in [2.05, 4.69) is 4.98 Å². The molecule has 1 aromatic heterocycles. The summed E-state index contributed by atoms with van der Waals surface area (Å²) in [7, 11) is 0. The molecule has 1 atom stereocenters. The van der Waals surface area contributed by atoms with Gasteiger partial charge in [0.2, 0.25) is 0 Å². The van der Waals surface area contributed by atoms with E-state index < -0.39 is 0 Å². The Morgan fingerprint density at radius 2 is 2.18 bits per heavy atom. The highest BCUT2D eigenvalue weighted by molar-refractivity contribution is 5.76. The zero-order valence-corrected chi connectivity index (χ0v) is 10.3. The van der Waals surface area contributed by atoms with Crippen molar-refractivity contribution >= 4 is 11.0 Å². The third-order valence-corrected chi connectivity index (χ3v) is 3.09. The molecule has 0 saturated heterocycles. The van der Waals surface area contributed by atoms with Crippen LogP contribution in [0.4, 0.5) is 4.39 Å². The fourth-order valence-corrected chi connectivity index (χ4v) is 2.05. The van der Waals surface area contributed by atoms with Crippen molar-refractivity contribution in [1.82, 2.24) is 9.55 Å². The van der Waals surface area contributed by atoms with Gasteiger partial charge >= 0.3 is 0 Å². The highest BCUT2D eigenvalue weighted by Gasteiger charge is 2.14. The predicted molar refractivity (Wildman–Crippen MR) is 67.3 cm³/mol. The molecule has 0 aliphatic heterocycles. The molecule has 0 amide bonds. The number of aryl methyl sites for hydroxylation is 1. The van der Waals surface area contributed by atoms with E-state index in [1.54, 1.807) is 6.07 Å². The van der Waals surface area contributed by atoms with E-state index in [0.717, 1.165) is 24.3 Å². The molecular weight excluding hydrogens is 217 g/mol. The minimum Gasteiger partial charge on any atom is -0.328 e. The number of hydrogen-bond acceptors (Lipinski definition) is 2. The van der Waals surface area contributed by atoms with Crippen molar-refractivity contribution in [3.05, 3.63) is 29.8 Å². The molecule has 2 aromatic rings. The van der Waals surface area contributed by atoms with Crippen LogP contribution < -0.4 is 5.73 Å². The topological polar surface area (TPSA) is 43.8 Å². The quantitative estimate of drug-likeness (QED) is 0.884. The average molecular weight is 235 g/mol. The fraction of sp³-hybridized carbons (Fsp3) is 0.462. The van der Waals surface area contributed by atoms with Crippen LogP contribution in [-0.4, -0.2) is 15.6 Å². The van der Waals surface area contributed by atoms with Gasteiger partial charge in [-0.2, -0.15) is 0 Å². The number of nitrogens with zero attached hydrogens (tertiary/aromatic N) is 2. The van der Waals surface area contributed by atoms with E-state index in [0.29, 0.717) is 11.9 Å². The zero-order valence-electron chi connectivity index (χ0n) is 10.3. The van der Waals surface area contributed by atoms with Gasteiger partial charge in [-0.05, 0) is 25.5 Å². The van der Waals surface area contributed by atoms with Crippen LogP contribution in [0.25, 0.3) is 11.0 Å². The Hall–Kier alpha value is -1.42. The summed E-state index contributed by atoms with van der Waals surface area (Å²) in [5.41, 5.74) is 7.25. The summed E-state index contributed by atoms with van der Waals surface area (Å²) in [6.07, 6.45) is 1.59. The van der Waals surface area contributed by atoms with E-state index in [4.69, 9.17) is 5.73 Å². The number of benzene rings is 1. The van der Waals surface area contributed by atoms with Crippen LogP contribution >= 0.6 is 0 Å². The highest BCUT2D eigenvalue weighted by Crippen LogP contribution is 2.20. The lowest BCUT2D eigenvalue weighted by atomic mass is 10.1. The minimum absolute atomic E-state index is 0.0835. The molecular formula is C13H18FN3. The van der Waals surface area contributed by atoms with Crippen molar-refractivity contribution in [3.63, 3.8) is 0 Å². The summed E-state index contributed by atoms with van der Waals surface area (Å²) >= 11 is 0. The van der Waals surface area contributed by atoms with Crippen LogP contribution in [0.2, 0.25) is 0 Å². The normalized spacial score (nSPS) is 13.2. The van der Waals surface area contributed by atoms with Gasteiger partial charge in [-0.3, -0.25) is 0 Å². The number of nitrogens with two attached hydrogens (primary N) is 1. The van der Waals surface area contributed by atoms with E-state index in [1.807, 2.05) is 24.5 Å². The molecule has 0 aliphatic carbocycles. The molecule has 0 spiro atoms. The first-order valence-corrected chi connectivity index (χ1v) is 6.06. The molecule has 0 aliphatic rings. The molecule has 0 saturated carbocycles. The van der Waals surface area contributed by atoms with Crippen molar-refractivity contribution in [2.75, 3.05) is 0 Å². The van der Waals surface area contributed by atoms with E-state index >= 15 is 0 Å². The Morgan fingerprint density at radius 3 is 2.82 bits per heavy atom. The summed E-state index contributed by atoms with van der Waals surface area (Å²) in [5, 5.41) is 0. The second-order valence-electron chi connectivity index (χ2n) is 4.25. The number of imidazole rings is 1. The average Bonchev–Trinajstić information content (AvgIpc) is 2.68. The summed E-state index contributed by atoms with van der Waals surface area (Å²) < 4.78 is 15.7. The van der Waals surface area contributed by atoms with E-state index in [-0.39, 0.29) is 11.9 Å². The molecule has 1 unspecified atom stereocenters.